The van der Waals surface area contributed by atoms with Crippen LogP contribution in [0.1, 0.15) is 5.56 Å². The van der Waals surface area contributed by atoms with E-state index < -0.39 is 11.7 Å². The quantitative estimate of drug-likeness (QED) is 0.582. The lowest BCUT2D eigenvalue weighted by molar-refractivity contribution is -0.137. The SMILES string of the molecule is FC(F)(F)c1ccc(SCCNc2cccc(Br)c2)nc1. The Hall–Kier alpha value is -1.21. The van der Waals surface area contributed by atoms with E-state index in [4.69, 9.17) is 0 Å². The fraction of sp³-hybridized carbons (Fsp3) is 0.214. The van der Waals surface area contributed by atoms with Crippen LogP contribution in [-0.4, -0.2) is 17.3 Å². The molecule has 7 heteroatoms. The van der Waals surface area contributed by atoms with Crippen molar-refractivity contribution >= 4 is 33.4 Å². The average molecular weight is 377 g/mol. The summed E-state index contributed by atoms with van der Waals surface area (Å²) in [7, 11) is 0. The Morgan fingerprint density at radius 3 is 2.62 bits per heavy atom. The van der Waals surface area contributed by atoms with Crippen molar-refractivity contribution in [1.82, 2.24) is 4.98 Å². The van der Waals surface area contributed by atoms with Crippen molar-refractivity contribution in [2.24, 2.45) is 0 Å². The fourth-order valence-corrected chi connectivity index (χ4v) is 2.69. The van der Waals surface area contributed by atoms with Crippen LogP contribution in [0.3, 0.4) is 0 Å². The van der Waals surface area contributed by atoms with Crippen LogP contribution >= 0.6 is 27.7 Å². The van der Waals surface area contributed by atoms with Gasteiger partial charge in [0.05, 0.1) is 10.6 Å². The topological polar surface area (TPSA) is 24.9 Å². The summed E-state index contributed by atoms with van der Waals surface area (Å²) in [5.74, 6) is 0.713. The Morgan fingerprint density at radius 2 is 2.00 bits per heavy atom. The Bertz CT molecular complexity index is 588. The number of nitrogens with one attached hydrogen (secondary N) is 1. The molecule has 112 valence electrons. The van der Waals surface area contributed by atoms with E-state index in [2.05, 4.69) is 26.2 Å². The number of hydrogen-bond donors (Lipinski definition) is 1. The number of benzene rings is 1. The number of hydrogen-bond acceptors (Lipinski definition) is 3. The maximum atomic E-state index is 12.4. The van der Waals surface area contributed by atoms with E-state index in [1.807, 2.05) is 24.3 Å². The molecule has 2 rings (SSSR count). The second-order valence-electron chi connectivity index (χ2n) is 4.17. The Balaban J connectivity index is 1.79. The monoisotopic (exact) mass is 376 g/mol. The number of pyridine rings is 1. The van der Waals surface area contributed by atoms with Crippen LogP contribution in [0.4, 0.5) is 18.9 Å². The number of anilines is 1. The Morgan fingerprint density at radius 1 is 1.19 bits per heavy atom. The van der Waals surface area contributed by atoms with Gasteiger partial charge in [-0.3, -0.25) is 0 Å². The lowest BCUT2D eigenvalue weighted by atomic mass is 10.3. The number of alkyl halides is 3. The smallest absolute Gasteiger partial charge is 0.384 e. The van der Waals surface area contributed by atoms with E-state index in [1.165, 1.54) is 17.8 Å². The van der Waals surface area contributed by atoms with Crippen LogP contribution in [0.25, 0.3) is 0 Å². The lowest BCUT2D eigenvalue weighted by Crippen LogP contribution is -2.06. The zero-order valence-electron chi connectivity index (χ0n) is 10.8. The maximum absolute atomic E-state index is 12.4. The standard InChI is InChI=1S/C14H12BrF3N2S/c15-11-2-1-3-12(8-11)19-6-7-21-13-5-4-10(9-20-13)14(16,17)18/h1-5,8-9,19H,6-7H2. The summed E-state index contributed by atoms with van der Waals surface area (Å²) in [6.07, 6.45) is -3.47. The van der Waals surface area contributed by atoms with Gasteiger partial charge in [0.25, 0.3) is 0 Å². The Labute approximate surface area is 133 Å². The average Bonchev–Trinajstić information content (AvgIpc) is 2.43. The summed E-state index contributed by atoms with van der Waals surface area (Å²) in [5, 5.41) is 3.82. The molecule has 2 nitrogen and oxygen atoms in total. The van der Waals surface area contributed by atoms with Crippen LogP contribution < -0.4 is 5.32 Å². The molecule has 0 aliphatic carbocycles. The third kappa shape index (κ3) is 5.24. The number of nitrogens with zero attached hydrogens (tertiary/aromatic N) is 1. The molecule has 0 saturated heterocycles. The molecule has 0 atom stereocenters. The van der Waals surface area contributed by atoms with Gasteiger partial charge in [-0.15, -0.1) is 11.8 Å². The highest BCUT2D eigenvalue weighted by molar-refractivity contribution is 9.10. The molecule has 0 unspecified atom stereocenters. The van der Waals surface area contributed by atoms with Crippen LogP contribution in [-0.2, 0) is 6.18 Å². The van der Waals surface area contributed by atoms with Gasteiger partial charge in [-0.05, 0) is 30.3 Å². The second kappa shape index (κ2) is 7.17. The number of thioether (sulfide) groups is 1. The van der Waals surface area contributed by atoms with Gasteiger partial charge >= 0.3 is 6.18 Å². The predicted molar refractivity (Wildman–Crippen MR) is 82.6 cm³/mol. The van der Waals surface area contributed by atoms with Gasteiger partial charge < -0.3 is 5.32 Å². The molecule has 0 bridgehead atoms. The zero-order valence-corrected chi connectivity index (χ0v) is 13.2. The van der Waals surface area contributed by atoms with Crippen LogP contribution in [0.5, 0.6) is 0 Å². The van der Waals surface area contributed by atoms with E-state index in [1.54, 1.807) is 0 Å². The zero-order chi connectivity index (χ0) is 15.3. The molecule has 21 heavy (non-hydrogen) atoms. The highest BCUT2D eigenvalue weighted by Crippen LogP contribution is 2.29. The van der Waals surface area contributed by atoms with Crippen molar-refractivity contribution in [3.63, 3.8) is 0 Å². The fourth-order valence-electron chi connectivity index (χ4n) is 1.58. The van der Waals surface area contributed by atoms with Crippen molar-refractivity contribution < 1.29 is 13.2 Å². The van der Waals surface area contributed by atoms with Crippen LogP contribution in [0, 0.1) is 0 Å². The van der Waals surface area contributed by atoms with Crippen LogP contribution in [0.2, 0.25) is 0 Å². The molecule has 2 aromatic rings. The summed E-state index contributed by atoms with van der Waals surface area (Å²) < 4.78 is 38.1. The summed E-state index contributed by atoms with van der Waals surface area (Å²) >= 11 is 4.79. The van der Waals surface area contributed by atoms with E-state index in [9.17, 15) is 13.2 Å². The van der Waals surface area contributed by atoms with Gasteiger partial charge in [-0.25, -0.2) is 4.98 Å². The first kappa shape index (κ1) is 16.2. The molecule has 1 aromatic heterocycles. The lowest BCUT2D eigenvalue weighted by Gasteiger charge is -2.08. The first-order valence-electron chi connectivity index (χ1n) is 6.10. The van der Waals surface area contributed by atoms with Crippen molar-refractivity contribution in [2.75, 3.05) is 17.6 Å². The third-order valence-corrected chi connectivity index (χ3v) is 4.01. The molecule has 1 aromatic carbocycles. The normalized spacial score (nSPS) is 11.4. The van der Waals surface area contributed by atoms with Crippen molar-refractivity contribution in [3.8, 4) is 0 Å². The van der Waals surface area contributed by atoms with Crippen molar-refractivity contribution in [3.05, 3.63) is 52.6 Å². The summed E-state index contributed by atoms with van der Waals surface area (Å²) in [5.41, 5.74) is 0.268. The molecule has 0 amide bonds. The van der Waals surface area contributed by atoms with Gasteiger partial charge in [-0.1, -0.05) is 22.0 Å². The molecule has 0 aliphatic heterocycles. The minimum absolute atomic E-state index is 0.582. The molecular weight excluding hydrogens is 365 g/mol. The summed E-state index contributed by atoms with van der Waals surface area (Å²) in [6.45, 7) is 0.698. The van der Waals surface area contributed by atoms with E-state index in [0.29, 0.717) is 17.3 Å². The third-order valence-electron chi connectivity index (χ3n) is 2.57. The molecule has 0 spiro atoms. The van der Waals surface area contributed by atoms with Crippen LogP contribution in [0.15, 0.2) is 52.1 Å². The van der Waals surface area contributed by atoms with Gasteiger partial charge in [0.15, 0.2) is 0 Å². The first-order valence-corrected chi connectivity index (χ1v) is 7.88. The van der Waals surface area contributed by atoms with Gasteiger partial charge in [0, 0.05) is 28.7 Å². The molecule has 0 radical (unpaired) electrons. The summed E-state index contributed by atoms with van der Waals surface area (Å²) in [6, 6.07) is 10.2. The van der Waals surface area contributed by atoms with Gasteiger partial charge in [0.1, 0.15) is 0 Å². The van der Waals surface area contributed by atoms with E-state index in [0.717, 1.165) is 22.4 Å². The minimum atomic E-state index is -4.33. The van der Waals surface area contributed by atoms with E-state index >= 15 is 0 Å². The second-order valence-corrected chi connectivity index (χ2v) is 6.20. The number of aromatic nitrogens is 1. The first-order chi connectivity index (χ1) is 9.95. The minimum Gasteiger partial charge on any atom is -0.384 e. The molecule has 0 fully saturated rings. The molecule has 1 N–H and O–H groups in total. The summed E-state index contributed by atoms with van der Waals surface area (Å²) in [4.78, 5) is 3.81. The molecular formula is C14H12BrF3N2S. The molecule has 0 saturated carbocycles. The molecule has 1 heterocycles. The Kier molecular flexibility index (Phi) is 5.52. The molecule has 0 aliphatic rings. The van der Waals surface area contributed by atoms with Gasteiger partial charge in [0.2, 0.25) is 0 Å². The number of halogens is 4. The van der Waals surface area contributed by atoms with Gasteiger partial charge in [-0.2, -0.15) is 13.2 Å². The maximum Gasteiger partial charge on any atom is 0.417 e. The van der Waals surface area contributed by atoms with E-state index in [-0.39, 0.29) is 0 Å². The van der Waals surface area contributed by atoms with Crippen molar-refractivity contribution in [1.29, 1.82) is 0 Å². The van der Waals surface area contributed by atoms with Crippen molar-refractivity contribution in [2.45, 2.75) is 11.2 Å². The predicted octanol–water partition coefficient (Wildman–Crippen LogP) is 5.07. The highest BCUT2D eigenvalue weighted by atomic mass is 79.9. The number of rotatable bonds is 5. The highest BCUT2D eigenvalue weighted by Gasteiger charge is 2.30. The largest absolute Gasteiger partial charge is 0.417 e.